The van der Waals surface area contributed by atoms with Crippen LogP contribution < -0.4 is 11.1 Å². The van der Waals surface area contributed by atoms with Crippen molar-refractivity contribution in [1.29, 1.82) is 0 Å². The molecule has 3 N–H and O–H groups in total. The van der Waals surface area contributed by atoms with Crippen LogP contribution in [0.4, 0.5) is 5.82 Å². The second kappa shape index (κ2) is 6.31. The number of nitrogens with two attached hydrogens (primary N) is 1. The number of hydrogen-bond donors (Lipinski definition) is 2. The summed E-state index contributed by atoms with van der Waals surface area (Å²) in [6.45, 7) is 4.13. The van der Waals surface area contributed by atoms with E-state index in [2.05, 4.69) is 15.3 Å². The molecule has 0 unspecified atom stereocenters. The maximum absolute atomic E-state index is 12.2. The zero-order valence-electron chi connectivity index (χ0n) is 10.3. The highest BCUT2D eigenvalue weighted by atomic mass is 35.5. The van der Waals surface area contributed by atoms with E-state index in [0.717, 1.165) is 0 Å². The minimum Gasteiger partial charge on any atom is -0.329 e. The van der Waals surface area contributed by atoms with E-state index >= 15 is 0 Å². The van der Waals surface area contributed by atoms with Gasteiger partial charge in [0.2, 0.25) is 11.2 Å². The van der Waals surface area contributed by atoms with Crippen LogP contribution >= 0.6 is 23.2 Å². The predicted molar refractivity (Wildman–Crippen MR) is 72.8 cm³/mol. The SMILES string of the molecule is CCC(CC)(CN)C(=O)Nc1cc(Cl)nc(Cl)n1. The number of nitrogens with zero attached hydrogens (tertiary/aromatic N) is 2. The van der Waals surface area contributed by atoms with Gasteiger partial charge in [-0.2, -0.15) is 0 Å². The highest BCUT2D eigenvalue weighted by Gasteiger charge is 2.33. The summed E-state index contributed by atoms with van der Waals surface area (Å²) in [5.41, 5.74) is 5.10. The average molecular weight is 291 g/mol. The van der Waals surface area contributed by atoms with E-state index in [4.69, 9.17) is 28.9 Å². The number of anilines is 1. The lowest BCUT2D eigenvalue weighted by Gasteiger charge is -2.28. The number of halogens is 2. The minimum absolute atomic E-state index is 0.0101. The van der Waals surface area contributed by atoms with E-state index in [1.54, 1.807) is 0 Å². The van der Waals surface area contributed by atoms with Crippen molar-refractivity contribution in [2.24, 2.45) is 11.1 Å². The smallest absolute Gasteiger partial charge is 0.233 e. The van der Waals surface area contributed by atoms with Crippen LogP contribution in [0.5, 0.6) is 0 Å². The fourth-order valence-electron chi connectivity index (χ4n) is 1.66. The molecule has 0 aliphatic rings. The first kappa shape index (κ1) is 15.1. The molecule has 1 rings (SSSR count). The van der Waals surface area contributed by atoms with E-state index < -0.39 is 5.41 Å². The highest BCUT2D eigenvalue weighted by Crippen LogP contribution is 2.27. The van der Waals surface area contributed by atoms with E-state index in [9.17, 15) is 4.79 Å². The Bertz CT molecular complexity index is 407. The van der Waals surface area contributed by atoms with E-state index in [1.807, 2.05) is 13.8 Å². The van der Waals surface area contributed by atoms with Gasteiger partial charge in [0, 0.05) is 12.6 Å². The third-order valence-corrected chi connectivity index (χ3v) is 3.50. The van der Waals surface area contributed by atoms with E-state index in [1.165, 1.54) is 6.07 Å². The van der Waals surface area contributed by atoms with Gasteiger partial charge in [0.15, 0.2) is 0 Å². The number of nitrogens with one attached hydrogen (secondary N) is 1. The van der Waals surface area contributed by atoms with Gasteiger partial charge in [-0.25, -0.2) is 9.97 Å². The van der Waals surface area contributed by atoms with Crippen LogP contribution in [0.15, 0.2) is 6.07 Å². The van der Waals surface area contributed by atoms with Gasteiger partial charge in [-0.1, -0.05) is 25.4 Å². The van der Waals surface area contributed by atoms with Gasteiger partial charge in [0.1, 0.15) is 11.0 Å². The van der Waals surface area contributed by atoms with Gasteiger partial charge < -0.3 is 11.1 Å². The lowest BCUT2D eigenvalue weighted by atomic mass is 9.81. The van der Waals surface area contributed by atoms with Gasteiger partial charge in [-0.3, -0.25) is 4.79 Å². The largest absolute Gasteiger partial charge is 0.329 e. The molecular formula is C11H16Cl2N4O. The van der Waals surface area contributed by atoms with Crippen LogP contribution in [-0.4, -0.2) is 22.4 Å². The first-order valence-corrected chi connectivity index (χ1v) is 6.44. The number of rotatable bonds is 5. The maximum atomic E-state index is 12.2. The molecule has 0 radical (unpaired) electrons. The summed E-state index contributed by atoms with van der Waals surface area (Å²) < 4.78 is 0. The fourth-order valence-corrected chi connectivity index (χ4v) is 2.06. The number of carbonyl (C=O) groups excluding carboxylic acids is 1. The molecule has 1 aromatic heterocycles. The predicted octanol–water partition coefficient (Wildman–Crippen LogP) is 2.49. The summed E-state index contributed by atoms with van der Waals surface area (Å²) in [5, 5.41) is 2.85. The van der Waals surface area contributed by atoms with Crippen LogP contribution in [-0.2, 0) is 4.79 Å². The molecule has 0 atom stereocenters. The Hall–Kier alpha value is -0.910. The highest BCUT2D eigenvalue weighted by molar-refractivity contribution is 6.32. The Morgan fingerprint density at radius 2 is 2.00 bits per heavy atom. The van der Waals surface area contributed by atoms with Crippen LogP contribution in [0.25, 0.3) is 0 Å². The zero-order valence-corrected chi connectivity index (χ0v) is 11.8. The number of amides is 1. The van der Waals surface area contributed by atoms with Crippen molar-refractivity contribution >= 4 is 34.9 Å². The van der Waals surface area contributed by atoms with E-state index in [-0.39, 0.29) is 28.7 Å². The Balaban J connectivity index is 2.92. The summed E-state index contributed by atoms with van der Waals surface area (Å²) in [6, 6.07) is 1.44. The van der Waals surface area contributed by atoms with Gasteiger partial charge in [0.25, 0.3) is 0 Å². The maximum Gasteiger partial charge on any atom is 0.233 e. The number of aromatic nitrogens is 2. The molecule has 1 heterocycles. The first-order chi connectivity index (χ1) is 8.47. The normalized spacial score (nSPS) is 11.4. The fraction of sp³-hybridized carbons (Fsp3) is 0.545. The first-order valence-electron chi connectivity index (χ1n) is 5.69. The van der Waals surface area contributed by atoms with Crippen molar-refractivity contribution in [3.8, 4) is 0 Å². The molecule has 100 valence electrons. The van der Waals surface area contributed by atoms with E-state index in [0.29, 0.717) is 12.8 Å². The summed E-state index contributed by atoms with van der Waals surface area (Å²) in [5.74, 6) is 0.102. The molecular weight excluding hydrogens is 275 g/mol. The second-order valence-electron chi connectivity index (χ2n) is 3.99. The quantitative estimate of drug-likeness (QED) is 0.645. The lowest BCUT2D eigenvalue weighted by molar-refractivity contribution is -0.125. The van der Waals surface area contributed by atoms with Crippen molar-refractivity contribution in [2.75, 3.05) is 11.9 Å². The lowest BCUT2D eigenvalue weighted by Crippen LogP contribution is -2.41. The molecule has 0 aliphatic carbocycles. The Morgan fingerprint density at radius 3 is 2.44 bits per heavy atom. The number of carbonyl (C=O) groups is 1. The molecule has 0 bridgehead atoms. The molecule has 1 amide bonds. The summed E-state index contributed by atoms with van der Waals surface area (Å²) in [6.07, 6.45) is 1.30. The van der Waals surface area contributed by atoms with Gasteiger partial charge in [-0.05, 0) is 24.4 Å². The van der Waals surface area contributed by atoms with Crippen LogP contribution in [0.2, 0.25) is 10.4 Å². The molecule has 1 aromatic rings. The van der Waals surface area contributed by atoms with Crippen LogP contribution in [0, 0.1) is 5.41 Å². The Morgan fingerprint density at radius 1 is 1.39 bits per heavy atom. The van der Waals surface area contributed by atoms with Gasteiger partial charge in [-0.15, -0.1) is 0 Å². The molecule has 5 nitrogen and oxygen atoms in total. The van der Waals surface area contributed by atoms with Crippen LogP contribution in [0.1, 0.15) is 26.7 Å². The van der Waals surface area contributed by atoms with Crippen LogP contribution in [0.3, 0.4) is 0 Å². The second-order valence-corrected chi connectivity index (χ2v) is 4.72. The van der Waals surface area contributed by atoms with Crippen molar-refractivity contribution in [3.63, 3.8) is 0 Å². The molecule has 18 heavy (non-hydrogen) atoms. The minimum atomic E-state index is -0.593. The average Bonchev–Trinajstić information content (AvgIpc) is 2.30. The third-order valence-electron chi connectivity index (χ3n) is 3.14. The molecule has 0 fully saturated rings. The molecule has 7 heteroatoms. The third kappa shape index (κ3) is 3.31. The van der Waals surface area contributed by atoms with Gasteiger partial charge >= 0.3 is 0 Å². The van der Waals surface area contributed by atoms with Crippen molar-refractivity contribution in [2.45, 2.75) is 26.7 Å². The van der Waals surface area contributed by atoms with Gasteiger partial charge in [0.05, 0.1) is 5.41 Å². The topological polar surface area (TPSA) is 80.9 Å². The van der Waals surface area contributed by atoms with Crippen molar-refractivity contribution in [3.05, 3.63) is 16.5 Å². The summed E-state index contributed by atoms with van der Waals surface area (Å²) in [4.78, 5) is 19.8. The molecule has 0 saturated carbocycles. The van der Waals surface area contributed by atoms with Crippen molar-refractivity contribution < 1.29 is 4.79 Å². The molecule has 0 saturated heterocycles. The standard InChI is InChI=1S/C11H16Cl2N4O/c1-3-11(4-2,6-14)9(18)16-8-5-7(12)15-10(13)17-8/h5H,3-4,6,14H2,1-2H3,(H,15,16,17,18). The summed E-state index contributed by atoms with van der Waals surface area (Å²) >= 11 is 11.4. The molecule has 0 spiro atoms. The molecule has 0 aliphatic heterocycles. The summed E-state index contributed by atoms with van der Waals surface area (Å²) in [7, 11) is 0. The molecule has 0 aromatic carbocycles. The zero-order chi connectivity index (χ0) is 13.8. The van der Waals surface area contributed by atoms with Crippen molar-refractivity contribution in [1.82, 2.24) is 9.97 Å². The monoisotopic (exact) mass is 290 g/mol. The Kier molecular flexibility index (Phi) is 5.31. The number of hydrogen-bond acceptors (Lipinski definition) is 4. The Labute approximate surface area is 116 Å².